The fourth-order valence-electron chi connectivity index (χ4n) is 1.36. The van der Waals surface area contributed by atoms with Crippen molar-refractivity contribution in [1.29, 1.82) is 0 Å². The molecule has 0 spiro atoms. The highest BCUT2D eigenvalue weighted by Crippen LogP contribution is 2.13. The summed E-state index contributed by atoms with van der Waals surface area (Å²) < 4.78 is 0. The first-order valence-corrected chi connectivity index (χ1v) is 5.33. The van der Waals surface area contributed by atoms with Gasteiger partial charge < -0.3 is 10.2 Å². The Bertz CT molecular complexity index is 493. The number of hydrogen-bond acceptors (Lipinski definition) is 2. The molecule has 0 fully saturated rings. The molecule has 0 unspecified atom stereocenters. The van der Waals surface area contributed by atoms with Crippen molar-refractivity contribution in [2.24, 2.45) is 0 Å². The zero-order chi connectivity index (χ0) is 13.7. The van der Waals surface area contributed by atoms with E-state index in [-0.39, 0.29) is 11.1 Å². The quantitative estimate of drug-likeness (QED) is 0.801. The van der Waals surface area contributed by atoms with Gasteiger partial charge in [-0.1, -0.05) is 18.2 Å². The number of carboxylic acids is 2. The number of carboxylic acid groups (broad SMARTS) is 2. The van der Waals surface area contributed by atoms with E-state index < -0.39 is 11.9 Å². The molecule has 0 saturated heterocycles. The van der Waals surface area contributed by atoms with Gasteiger partial charge in [0.25, 0.3) is 0 Å². The van der Waals surface area contributed by atoms with E-state index >= 15 is 0 Å². The molecule has 1 aromatic rings. The van der Waals surface area contributed by atoms with E-state index in [9.17, 15) is 9.59 Å². The summed E-state index contributed by atoms with van der Waals surface area (Å²) >= 11 is 0. The van der Waals surface area contributed by atoms with Crippen molar-refractivity contribution < 1.29 is 19.8 Å². The first-order valence-electron chi connectivity index (χ1n) is 5.33. The summed E-state index contributed by atoms with van der Waals surface area (Å²) in [6.07, 6.45) is 3.07. The molecule has 0 aliphatic carbocycles. The van der Waals surface area contributed by atoms with Gasteiger partial charge in [0.1, 0.15) is 0 Å². The van der Waals surface area contributed by atoms with Crippen LogP contribution in [-0.2, 0) is 9.59 Å². The molecule has 0 atom stereocenters. The molecular weight excluding hydrogens is 232 g/mol. The summed E-state index contributed by atoms with van der Waals surface area (Å²) in [6, 6.07) is 7.01. The van der Waals surface area contributed by atoms with E-state index in [1.54, 1.807) is 24.3 Å². The largest absolute Gasteiger partial charge is 0.478 e. The van der Waals surface area contributed by atoms with E-state index in [1.165, 1.54) is 26.0 Å². The van der Waals surface area contributed by atoms with Crippen LogP contribution in [0.5, 0.6) is 0 Å². The highest BCUT2D eigenvalue weighted by atomic mass is 16.4. The Labute approximate surface area is 105 Å². The molecule has 4 nitrogen and oxygen atoms in total. The van der Waals surface area contributed by atoms with Crippen LogP contribution in [0.1, 0.15) is 25.0 Å². The number of rotatable bonds is 4. The number of hydrogen-bond donors (Lipinski definition) is 2. The second kappa shape index (κ2) is 5.82. The van der Waals surface area contributed by atoms with Crippen molar-refractivity contribution >= 4 is 24.1 Å². The van der Waals surface area contributed by atoms with Crippen LogP contribution in [0.15, 0.2) is 35.4 Å². The molecule has 2 N–H and O–H groups in total. The second-order valence-electron chi connectivity index (χ2n) is 3.94. The molecular formula is C14H14O4. The van der Waals surface area contributed by atoms with Crippen molar-refractivity contribution in [2.45, 2.75) is 13.8 Å². The van der Waals surface area contributed by atoms with Gasteiger partial charge in [0.2, 0.25) is 0 Å². The summed E-state index contributed by atoms with van der Waals surface area (Å²) in [5.41, 5.74) is 1.90. The van der Waals surface area contributed by atoms with Crippen LogP contribution in [0.25, 0.3) is 12.2 Å². The van der Waals surface area contributed by atoms with Gasteiger partial charge in [-0.25, -0.2) is 9.59 Å². The lowest BCUT2D eigenvalue weighted by Crippen LogP contribution is -1.96. The van der Waals surface area contributed by atoms with Crippen LogP contribution < -0.4 is 0 Å². The third kappa shape index (κ3) is 3.90. The Morgan fingerprint density at radius 2 is 1.33 bits per heavy atom. The van der Waals surface area contributed by atoms with Crippen molar-refractivity contribution in [3.8, 4) is 0 Å². The first-order chi connectivity index (χ1) is 8.40. The third-order valence-electron chi connectivity index (χ3n) is 2.35. The van der Waals surface area contributed by atoms with Gasteiger partial charge in [0, 0.05) is 11.1 Å². The van der Waals surface area contributed by atoms with E-state index in [0.717, 1.165) is 11.1 Å². The highest BCUT2D eigenvalue weighted by Gasteiger charge is 2.02. The standard InChI is InChI=1S/C14H14O4/c1-9(13(15)16)6-11-4-3-5-12(8-11)7-10(2)14(17)18/h3-8H,1-2H3,(H,15,16)(H,17,18)/b9-6+,10-7+. The van der Waals surface area contributed by atoms with Crippen molar-refractivity contribution in [3.05, 3.63) is 46.5 Å². The Kier molecular flexibility index (Phi) is 4.43. The topological polar surface area (TPSA) is 74.6 Å². The molecule has 0 aliphatic heterocycles. The molecule has 0 radical (unpaired) electrons. The minimum Gasteiger partial charge on any atom is -0.478 e. The summed E-state index contributed by atoms with van der Waals surface area (Å²) in [5, 5.41) is 17.5. The molecule has 18 heavy (non-hydrogen) atoms. The highest BCUT2D eigenvalue weighted by molar-refractivity contribution is 5.92. The molecule has 1 rings (SSSR count). The summed E-state index contributed by atoms with van der Waals surface area (Å²) in [4.78, 5) is 21.4. The van der Waals surface area contributed by atoms with Crippen LogP contribution in [-0.4, -0.2) is 22.2 Å². The van der Waals surface area contributed by atoms with Crippen LogP contribution in [0.4, 0.5) is 0 Å². The van der Waals surface area contributed by atoms with Crippen molar-refractivity contribution in [3.63, 3.8) is 0 Å². The fourth-order valence-corrected chi connectivity index (χ4v) is 1.36. The monoisotopic (exact) mass is 246 g/mol. The maximum absolute atomic E-state index is 10.7. The molecule has 0 heterocycles. The van der Waals surface area contributed by atoms with Crippen molar-refractivity contribution in [1.82, 2.24) is 0 Å². The van der Waals surface area contributed by atoms with E-state index in [4.69, 9.17) is 10.2 Å². The van der Waals surface area contributed by atoms with Gasteiger partial charge in [-0.2, -0.15) is 0 Å². The fraction of sp³-hybridized carbons (Fsp3) is 0.143. The smallest absolute Gasteiger partial charge is 0.331 e. The first kappa shape index (κ1) is 13.7. The Morgan fingerprint density at radius 3 is 1.67 bits per heavy atom. The summed E-state index contributed by atoms with van der Waals surface area (Å²) in [6.45, 7) is 3.01. The Morgan fingerprint density at radius 1 is 0.944 bits per heavy atom. The van der Waals surface area contributed by atoms with Gasteiger partial charge in [-0.05, 0) is 43.2 Å². The minimum atomic E-state index is -0.974. The maximum Gasteiger partial charge on any atom is 0.331 e. The maximum atomic E-state index is 10.7. The molecule has 0 saturated carbocycles. The van der Waals surface area contributed by atoms with Crippen LogP contribution in [0.3, 0.4) is 0 Å². The molecule has 94 valence electrons. The normalized spacial score (nSPS) is 12.3. The predicted molar refractivity (Wildman–Crippen MR) is 69.0 cm³/mol. The molecule has 4 heteroatoms. The zero-order valence-electron chi connectivity index (χ0n) is 10.2. The van der Waals surface area contributed by atoms with Gasteiger partial charge in [0.15, 0.2) is 0 Å². The van der Waals surface area contributed by atoms with Crippen molar-refractivity contribution in [2.75, 3.05) is 0 Å². The SMILES string of the molecule is C/C(=C\c1cccc(/C=C(\C)C(=O)O)c1)C(=O)O. The molecule has 0 bridgehead atoms. The average molecular weight is 246 g/mol. The van der Waals surface area contributed by atoms with Crippen LogP contribution in [0.2, 0.25) is 0 Å². The van der Waals surface area contributed by atoms with E-state index in [2.05, 4.69) is 0 Å². The number of aliphatic carboxylic acids is 2. The Balaban J connectivity index is 3.07. The number of carbonyl (C=O) groups is 2. The molecule has 0 amide bonds. The van der Waals surface area contributed by atoms with Crippen LogP contribution in [0, 0.1) is 0 Å². The lowest BCUT2D eigenvalue weighted by Gasteiger charge is -1.99. The van der Waals surface area contributed by atoms with Gasteiger partial charge in [-0.15, -0.1) is 0 Å². The number of benzene rings is 1. The van der Waals surface area contributed by atoms with Crippen LogP contribution >= 0.6 is 0 Å². The summed E-state index contributed by atoms with van der Waals surface area (Å²) in [7, 11) is 0. The summed E-state index contributed by atoms with van der Waals surface area (Å²) in [5.74, 6) is -1.95. The van der Waals surface area contributed by atoms with E-state index in [1.807, 2.05) is 0 Å². The third-order valence-corrected chi connectivity index (χ3v) is 2.35. The predicted octanol–water partition coefficient (Wildman–Crippen LogP) is 2.66. The zero-order valence-corrected chi connectivity index (χ0v) is 10.2. The van der Waals surface area contributed by atoms with Gasteiger partial charge in [0.05, 0.1) is 0 Å². The molecule has 1 aromatic carbocycles. The van der Waals surface area contributed by atoms with Gasteiger partial charge >= 0.3 is 11.9 Å². The molecule has 0 aliphatic rings. The molecule has 0 aromatic heterocycles. The second-order valence-corrected chi connectivity index (χ2v) is 3.94. The lowest BCUT2D eigenvalue weighted by atomic mass is 10.1. The van der Waals surface area contributed by atoms with E-state index in [0.29, 0.717) is 0 Å². The minimum absolute atomic E-state index is 0.228. The average Bonchev–Trinajstić information content (AvgIpc) is 2.29. The Hall–Kier alpha value is -2.36. The van der Waals surface area contributed by atoms with Gasteiger partial charge in [-0.3, -0.25) is 0 Å². The lowest BCUT2D eigenvalue weighted by molar-refractivity contribution is -0.133.